The Hall–Kier alpha value is -1.55. The predicted octanol–water partition coefficient (Wildman–Crippen LogP) is 3.61. The van der Waals surface area contributed by atoms with Crippen LogP contribution in [0.5, 0.6) is 0 Å². The molecule has 1 saturated carbocycles. The highest BCUT2D eigenvalue weighted by atomic mass is 16.6. The summed E-state index contributed by atoms with van der Waals surface area (Å²) >= 11 is 0. The molecule has 1 fully saturated rings. The standard InChI is InChI=1S/C18H28N2O2/c1-17(2,3)22-16(21)19-13-12-18(10-7-11-18)20-14-15-8-5-4-6-9-15/h4-6,8-9,20H,7,10-14H2,1-3H3,(H,19,21). The van der Waals surface area contributed by atoms with Crippen LogP contribution in [0.3, 0.4) is 0 Å². The Labute approximate surface area is 133 Å². The maximum absolute atomic E-state index is 11.7. The molecule has 4 nitrogen and oxygen atoms in total. The first-order valence-electron chi connectivity index (χ1n) is 8.14. The molecule has 1 amide bonds. The summed E-state index contributed by atoms with van der Waals surface area (Å²) in [5.74, 6) is 0. The van der Waals surface area contributed by atoms with Crippen molar-refractivity contribution >= 4 is 6.09 Å². The summed E-state index contributed by atoms with van der Waals surface area (Å²) in [7, 11) is 0. The highest BCUT2D eigenvalue weighted by molar-refractivity contribution is 5.67. The van der Waals surface area contributed by atoms with Gasteiger partial charge < -0.3 is 15.4 Å². The van der Waals surface area contributed by atoms with Gasteiger partial charge in [0.15, 0.2) is 0 Å². The fourth-order valence-electron chi connectivity index (χ4n) is 2.72. The van der Waals surface area contributed by atoms with E-state index in [1.165, 1.54) is 24.8 Å². The second-order valence-electron chi connectivity index (χ2n) is 7.15. The molecule has 1 aliphatic carbocycles. The van der Waals surface area contributed by atoms with Gasteiger partial charge >= 0.3 is 6.09 Å². The van der Waals surface area contributed by atoms with E-state index in [2.05, 4.69) is 34.9 Å². The van der Waals surface area contributed by atoms with E-state index < -0.39 is 5.60 Å². The Morgan fingerprint density at radius 3 is 2.45 bits per heavy atom. The second-order valence-corrected chi connectivity index (χ2v) is 7.15. The van der Waals surface area contributed by atoms with E-state index >= 15 is 0 Å². The highest BCUT2D eigenvalue weighted by Crippen LogP contribution is 2.34. The summed E-state index contributed by atoms with van der Waals surface area (Å²) in [6, 6.07) is 10.4. The van der Waals surface area contributed by atoms with Gasteiger partial charge in [0.1, 0.15) is 5.60 Å². The summed E-state index contributed by atoms with van der Waals surface area (Å²) in [5.41, 5.74) is 1.03. The van der Waals surface area contributed by atoms with Crippen molar-refractivity contribution in [2.45, 2.75) is 64.1 Å². The third kappa shape index (κ3) is 5.34. The molecule has 0 heterocycles. The zero-order valence-electron chi connectivity index (χ0n) is 13.9. The third-order valence-electron chi connectivity index (χ3n) is 4.09. The van der Waals surface area contributed by atoms with Gasteiger partial charge in [-0.25, -0.2) is 4.79 Å². The number of carbonyl (C=O) groups is 1. The Morgan fingerprint density at radius 1 is 1.23 bits per heavy atom. The molecule has 1 aromatic carbocycles. The van der Waals surface area contributed by atoms with Crippen molar-refractivity contribution in [3.8, 4) is 0 Å². The second kappa shape index (κ2) is 7.14. The minimum Gasteiger partial charge on any atom is -0.444 e. The van der Waals surface area contributed by atoms with Gasteiger partial charge in [-0.15, -0.1) is 0 Å². The van der Waals surface area contributed by atoms with Gasteiger partial charge in [-0.05, 0) is 52.0 Å². The molecule has 1 aromatic rings. The van der Waals surface area contributed by atoms with Crippen LogP contribution in [0, 0.1) is 0 Å². The van der Waals surface area contributed by atoms with Crippen LogP contribution >= 0.6 is 0 Å². The van der Waals surface area contributed by atoms with Crippen molar-refractivity contribution in [2.75, 3.05) is 6.54 Å². The lowest BCUT2D eigenvalue weighted by atomic mass is 9.74. The van der Waals surface area contributed by atoms with Crippen LogP contribution < -0.4 is 10.6 Å². The number of nitrogens with one attached hydrogen (secondary N) is 2. The number of rotatable bonds is 6. The molecular formula is C18H28N2O2. The normalized spacial score (nSPS) is 16.7. The van der Waals surface area contributed by atoms with Gasteiger partial charge in [0, 0.05) is 18.6 Å². The molecule has 1 aliphatic rings. The number of alkyl carbamates (subject to hydrolysis) is 1. The van der Waals surface area contributed by atoms with E-state index in [1.54, 1.807) is 0 Å². The lowest BCUT2D eigenvalue weighted by molar-refractivity contribution is 0.0516. The van der Waals surface area contributed by atoms with Gasteiger partial charge in [-0.1, -0.05) is 30.3 Å². The van der Waals surface area contributed by atoms with E-state index in [4.69, 9.17) is 4.74 Å². The van der Waals surface area contributed by atoms with E-state index in [1.807, 2.05) is 26.8 Å². The van der Waals surface area contributed by atoms with Crippen LogP contribution in [0.1, 0.15) is 52.0 Å². The quantitative estimate of drug-likeness (QED) is 0.844. The average molecular weight is 304 g/mol. The van der Waals surface area contributed by atoms with E-state index in [-0.39, 0.29) is 11.6 Å². The summed E-state index contributed by atoms with van der Waals surface area (Å²) in [4.78, 5) is 11.7. The maximum Gasteiger partial charge on any atom is 0.407 e. The number of carbonyl (C=O) groups excluding carboxylic acids is 1. The lowest BCUT2D eigenvalue weighted by Gasteiger charge is -2.43. The van der Waals surface area contributed by atoms with Crippen molar-refractivity contribution in [3.05, 3.63) is 35.9 Å². The van der Waals surface area contributed by atoms with Crippen molar-refractivity contribution in [1.29, 1.82) is 0 Å². The van der Waals surface area contributed by atoms with Gasteiger partial charge in [-0.3, -0.25) is 0 Å². The van der Waals surface area contributed by atoms with Gasteiger partial charge in [0.05, 0.1) is 0 Å². The van der Waals surface area contributed by atoms with Crippen LogP contribution in [0.15, 0.2) is 30.3 Å². The predicted molar refractivity (Wildman–Crippen MR) is 88.7 cm³/mol. The van der Waals surface area contributed by atoms with Crippen molar-refractivity contribution < 1.29 is 9.53 Å². The molecule has 0 saturated heterocycles. The number of amides is 1. The molecular weight excluding hydrogens is 276 g/mol. The molecule has 0 spiro atoms. The molecule has 0 unspecified atom stereocenters. The Morgan fingerprint density at radius 2 is 1.91 bits per heavy atom. The average Bonchev–Trinajstić information content (AvgIpc) is 2.40. The number of hydrogen-bond donors (Lipinski definition) is 2. The summed E-state index contributed by atoms with van der Waals surface area (Å²) in [5, 5.41) is 6.54. The fraction of sp³-hybridized carbons (Fsp3) is 0.611. The molecule has 2 rings (SSSR count). The van der Waals surface area contributed by atoms with Gasteiger partial charge in [0.2, 0.25) is 0 Å². The zero-order valence-corrected chi connectivity index (χ0v) is 13.9. The SMILES string of the molecule is CC(C)(C)OC(=O)NCCC1(NCc2ccccc2)CCC1. The Balaban J connectivity index is 1.73. The molecule has 22 heavy (non-hydrogen) atoms. The Bertz CT molecular complexity index is 476. The van der Waals surface area contributed by atoms with E-state index in [9.17, 15) is 4.79 Å². The van der Waals surface area contributed by atoms with Crippen LogP contribution in [0.4, 0.5) is 4.79 Å². The van der Waals surface area contributed by atoms with E-state index in [0.717, 1.165) is 13.0 Å². The molecule has 0 bridgehead atoms. The summed E-state index contributed by atoms with van der Waals surface area (Å²) < 4.78 is 5.26. The van der Waals surface area contributed by atoms with Crippen LogP contribution in [-0.2, 0) is 11.3 Å². The smallest absolute Gasteiger partial charge is 0.407 e. The maximum atomic E-state index is 11.7. The van der Waals surface area contributed by atoms with Crippen molar-refractivity contribution in [2.24, 2.45) is 0 Å². The third-order valence-corrected chi connectivity index (χ3v) is 4.09. The summed E-state index contributed by atoms with van der Waals surface area (Å²) in [6.07, 6.45) is 4.23. The topological polar surface area (TPSA) is 50.4 Å². The number of benzene rings is 1. The first kappa shape index (κ1) is 16.8. The highest BCUT2D eigenvalue weighted by Gasteiger charge is 2.35. The van der Waals surface area contributed by atoms with Crippen molar-refractivity contribution in [1.82, 2.24) is 10.6 Å². The van der Waals surface area contributed by atoms with Gasteiger partial charge in [0.25, 0.3) is 0 Å². The largest absolute Gasteiger partial charge is 0.444 e. The fourth-order valence-corrected chi connectivity index (χ4v) is 2.72. The van der Waals surface area contributed by atoms with Crippen LogP contribution in [0.2, 0.25) is 0 Å². The molecule has 0 aliphatic heterocycles. The van der Waals surface area contributed by atoms with Crippen LogP contribution in [-0.4, -0.2) is 23.8 Å². The molecule has 0 radical (unpaired) electrons. The summed E-state index contributed by atoms with van der Waals surface area (Å²) in [6.45, 7) is 7.16. The van der Waals surface area contributed by atoms with E-state index in [0.29, 0.717) is 6.54 Å². The minimum atomic E-state index is -0.441. The minimum absolute atomic E-state index is 0.171. The Kier molecular flexibility index (Phi) is 5.46. The van der Waals surface area contributed by atoms with Crippen molar-refractivity contribution in [3.63, 3.8) is 0 Å². The molecule has 122 valence electrons. The first-order valence-corrected chi connectivity index (χ1v) is 8.14. The zero-order chi connectivity index (χ0) is 16.1. The van der Waals surface area contributed by atoms with Crippen LogP contribution in [0.25, 0.3) is 0 Å². The number of ether oxygens (including phenoxy) is 1. The molecule has 2 N–H and O–H groups in total. The molecule has 4 heteroatoms. The molecule has 0 aromatic heterocycles. The molecule has 0 atom stereocenters. The lowest BCUT2D eigenvalue weighted by Crippen LogP contribution is -2.52. The first-order chi connectivity index (χ1) is 10.4. The van der Waals surface area contributed by atoms with Gasteiger partial charge in [-0.2, -0.15) is 0 Å². The monoisotopic (exact) mass is 304 g/mol. The number of hydrogen-bond acceptors (Lipinski definition) is 3.